The topological polar surface area (TPSA) is 76.0 Å². The summed E-state index contributed by atoms with van der Waals surface area (Å²) in [6, 6.07) is 9.23. The van der Waals surface area contributed by atoms with Gasteiger partial charge in [0, 0.05) is 17.7 Å². The van der Waals surface area contributed by atoms with Crippen molar-refractivity contribution in [3.63, 3.8) is 0 Å². The molecule has 2 rings (SSSR count). The fourth-order valence-corrected chi connectivity index (χ4v) is 1.94. The summed E-state index contributed by atoms with van der Waals surface area (Å²) >= 11 is 0. The maximum Gasteiger partial charge on any atom is 0.185 e. The van der Waals surface area contributed by atoms with Crippen LogP contribution in [0.4, 0.5) is 0 Å². The summed E-state index contributed by atoms with van der Waals surface area (Å²) < 4.78 is 10.1. The van der Waals surface area contributed by atoms with Crippen LogP contribution in [0.3, 0.4) is 0 Å². The third-order valence-electron chi connectivity index (χ3n) is 3.10. The minimum absolute atomic E-state index is 0.118. The van der Waals surface area contributed by atoms with E-state index in [-0.39, 0.29) is 23.0 Å². The lowest BCUT2D eigenvalue weighted by Crippen LogP contribution is -1.95. The molecule has 0 aliphatic carbocycles. The van der Waals surface area contributed by atoms with Crippen molar-refractivity contribution >= 4 is 11.9 Å². The second-order valence-electron chi connectivity index (χ2n) is 4.51. The molecule has 0 spiro atoms. The minimum Gasteiger partial charge on any atom is -0.508 e. The SMILES string of the molecule is COc1ccc(C(=O)/C=C/c2c(O)cc(O)cc2OC)cc1. The first-order valence-corrected chi connectivity index (χ1v) is 6.51. The number of allylic oxidation sites excluding steroid dienone is 1. The molecule has 0 saturated carbocycles. The van der Waals surface area contributed by atoms with E-state index in [0.717, 1.165) is 0 Å². The van der Waals surface area contributed by atoms with Crippen molar-refractivity contribution in [1.82, 2.24) is 0 Å². The molecule has 0 bridgehead atoms. The Hall–Kier alpha value is -2.95. The number of phenols is 2. The van der Waals surface area contributed by atoms with Crippen molar-refractivity contribution < 1.29 is 24.5 Å². The predicted molar refractivity (Wildman–Crippen MR) is 82.7 cm³/mol. The molecule has 0 atom stereocenters. The molecule has 2 aromatic rings. The van der Waals surface area contributed by atoms with Crippen LogP contribution in [0.1, 0.15) is 15.9 Å². The Morgan fingerprint density at radius 3 is 2.32 bits per heavy atom. The summed E-state index contributed by atoms with van der Waals surface area (Å²) in [5.74, 6) is 0.426. The first kappa shape index (κ1) is 15.4. The zero-order chi connectivity index (χ0) is 16.1. The van der Waals surface area contributed by atoms with Crippen molar-refractivity contribution in [2.24, 2.45) is 0 Å². The second kappa shape index (κ2) is 6.67. The highest BCUT2D eigenvalue weighted by Gasteiger charge is 2.09. The fraction of sp³-hybridized carbons (Fsp3) is 0.118. The van der Waals surface area contributed by atoms with Crippen molar-refractivity contribution in [2.45, 2.75) is 0 Å². The lowest BCUT2D eigenvalue weighted by atomic mass is 10.1. The van der Waals surface area contributed by atoms with Gasteiger partial charge in [-0.2, -0.15) is 0 Å². The maximum atomic E-state index is 12.1. The van der Waals surface area contributed by atoms with Gasteiger partial charge in [-0.05, 0) is 36.4 Å². The quantitative estimate of drug-likeness (QED) is 0.655. The number of aromatic hydroxyl groups is 2. The molecule has 5 heteroatoms. The smallest absolute Gasteiger partial charge is 0.185 e. The van der Waals surface area contributed by atoms with E-state index in [4.69, 9.17) is 9.47 Å². The number of phenolic OH excluding ortho intramolecular Hbond substituents is 2. The third-order valence-corrected chi connectivity index (χ3v) is 3.10. The van der Waals surface area contributed by atoms with Crippen molar-refractivity contribution in [3.8, 4) is 23.0 Å². The number of ether oxygens (including phenoxy) is 2. The highest BCUT2D eigenvalue weighted by molar-refractivity contribution is 6.07. The van der Waals surface area contributed by atoms with Gasteiger partial charge in [0.15, 0.2) is 5.78 Å². The maximum absolute atomic E-state index is 12.1. The van der Waals surface area contributed by atoms with Gasteiger partial charge in [-0.1, -0.05) is 0 Å². The molecule has 0 unspecified atom stereocenters. The van der Waals surface area contributed by atoms with Gasteiger partial charge in [0.25, 0.3) is 0 Å². The van der Waals surface area contributed by atoms with Crippen LogP contribution >= 0.6 is 0 Å². The fourth-order valence-electron chi connectivity index (χ4n) is 1.94. The summed E-state index contributed by atoms with van der Waals surface area (Å²) in [6.45, 7) is 0. The highest BCUT2D eigenvalue weighted by Crippen LogP contribution is 2.33. The van der Waals surface area contributed by atoms with Crippen molar-refractivity contribution in [1.29, 1.82) is 0 Å². The Kier molecular flexibility index (Phi) is 4.68. The van der Waals surface area contributed by atoms with E-state index in [1.165, 1.54) is 31.4 Å². The number of carbonyl (C=O) groups is 1. The van der Waals surface area contributed by atoms with Gasteiger partial charge in [-0.3, -0.25) is 4.79 Å². The lowest BCUT2D eigenvalue weighted by Gasteiger charge is -2.07. The van der Waals surface area contributed by atoms with E-state index in [1.807, 2.05) is 0 Å². The van der Waals surface area contributed by atoms with E-state index >= 15 is 0 Å². The molecule has 0 amide bonds. The van der Waals surface area contributed by atoms with Gasteiger partial charge in [0.1, 0.15) is 23.0 Å². The molecule has 0 fully saturated rings. The Labute approximate surface area is 128 Å². The van der Waals surface area contributed by atoms with Gasteiger partial charge in [0.2, 0.25) is 0 Å². The summed E-state index contributed by atoms with van der Waals surface area (Å²) in [4.78, 5) is 12.1. The zero-order valence-corrected chi connectivity index (χ0v) is 12.2. The number of carbonyl (C=O) groups excluding carboxylic acids is 1. The van der Waals surface area contributed by atoms with E-state index in [1.54, 1.807) is 31.4 Å². The Morgan fingerprint density at radius 2 is 1.73 bits per heavy atom. The molecule has 114 valence electrons. The minimum atomic E-state index is -0.225. The average Bonchev–Trinajstić information content (AvgIpc) is 2.53. The molecule has 5 nitrogen and oxygen atoms in total. The van der Waals surface area contributed by atoms with Crippen molar-refractivity contribution in [3.05, 3.63) is 53.6 Å². The molecule has 2 aromatic carbocycles. The highest BCUT2D eigenvalue weighted by atomic mass is 16.5. The Balaban J connectivity index is 2.25. The molecule has 0 aromatic heterocycles. The van der Waals surface area contributed by atoms with Crippen molar-refractivity contribution in [2.75, 3.05) is 14.2 Å². The lowest BCUT2D eigenvalue weighted by molar-refractivity contribution is 0.104. The van der Waals surface area contributed by atoms with Gasteiger partial charge in [-0.25, -0.2) is 0 Å². The van der Waals surface area contributed by atoms with E-state index in [2.05, 4.69) is 0 Å². The number of hydrogen-bond donors (Lipinski definition) is 2. The van der Waals surface area contributed by atoms with Crippen LogP contribution in [0.25, 0.3) is 6.08 Å². The molecule has 0 heterocycles. The molecule has 0 saturated heterocycles. The van der Waals surface area contributed by atoms with E-state index in [9.17, 15) is 15.0 Å². The zero-order valence-electron chi connectivity index (χ0n) is 12.2. The van der Waals surface area contributed by atoms with Crippen LogP contribution in [0.5, 0.6) is 23.0 Å². The van der Waals surface area contributed by atoms with E-state index < -0.39 is 0 Å². The predicted octanol–water partition coefficient (Wildman–Crippen LogP) is 3.01. The van der Waals surface area contributed by atoms with Crippen LogP contribution in [0, 0.1) is 0 Å². The van der Waals surface area contributed by atoms with Gasteiger partial charge in [-0.15, -0.1) is 0 Å². The summed E-state index contributed by atoms with van der Waals surface area (Å²) in [5.41, 5.74) is 0.816. The normalized spacial score (nSPS) is 10.6. The first-order chi connectivity index (χ1) is 10.5. The molecule has 0 radical (unpaired) electrons. The van der Waals surface area contributed by atoms with Crippen LogP contribution in [0.15, 0.2) is 42.5 Å². The van der Waals surface area contributed by atoms with Gasteiger partial charge < -0.3 is 19.7 Å². The standard InChI is InChI=1S/C17H16O5/c1-21-13-5-3-11(4-6-13)15(19)8-7-14-16(20)9-12(18)10-17(14)22-2/h3-10,18,20H,1-2H3/b8-7+. The second-order valence-corrected chi connectivity index (χ2v) is 4.51. The van der Waals surface area contributed by atoms with Crippen LogP contribution in [-0.4, -0.2) is 30.2 Å². The number of rotatable bonds is 5. The molecule has 0 aliphatic rings. The Morgan fingerprint density at radius 1 is 1.05 bits per heavy atom. The van der Waals surface area contributed by atoms with Crippen LogP contribution in [-0.2, 0) is 0 Å². The molecule has 0 aliphatic heterocycles. The number of hydrogen-bond acceptors (Lipinski definition) is 5. The van der Waals surface area contributed by atoms with E-state index in [0.29, 0.717) is 16.9 Å². The van der Waals surface area contributed by atoms with Crippen LogP contribution < -0.4 is 9.47 Å². The number of ketones is 1. The number of methoxy groups -OCH3 is 2. The van der Waals surface area contributed by atoms with Crippen LogP contribution in [0.2, 0.25) is 0 Å². The molecule has 2 N–H and O–H groups in total. The molecular weight excluding hydrogens is 284 g/mol. The Bertz CT molecular complexity index is 702. The van der Waals surface area contributed by atoms with Gasteiger partial charge in [0.05, 0.1) is 19.8 Å². The number of benzene rings is 2. The monoisotopic (exact) mass is 300 g/mol. The average molecular weight is 300 g/mol. The summed E-state index contributed by atoms with van der Waals surface area (Å²) in [6.07, 6.45) is 2.77. The largest absolute Gasteiger partial charge is 0.508 e. The third kappa shape index (κ3) is 3.38. The molecular formula is C17H16O5. The summed E-state index contributed by atoms with van der Waals surface area (Å²) in [5, 5.41) is 19.2. The summed E-state index contributed by atoms with van der Waals surface area (Å²) in [7, 11) is 2.97. The molecule has 22 heavy (non-hydrogen) atoms. The first-order valence-electron chi connectivity index (χ1n) is 6.51. The van der Waals surface area contributed by atoms with Gasteiger partial charge >= 0.3 is 0 Å².